The van der Waals surface area contributed by atoms with E-state index in [-0.39, 0.29) is 10.3 Å². The smallest absolute Gasteiger partial charge is 0.244 e. The third kappa shape index (κ3) is 3.89. The number of hydrazine groups is 1. The Morgan fingerprint density at radius 1 is 1.42 bits per heavy atom. The lowest BCUT2D eigenvalue weighted by molar-refractivity contribution is 0.252. The molecule has 1 heterocycles. The molecule has 0 aliphatic rings. The fourth-order valence-electron chi connectivity index (χ4n) is 1.28. The predicted molar refractivity (Wildman–Crippen MR) is 75.9 cm³/mol. The van der Waals surface area contributed by atoms with Gasteiger partial charge in [-0.2, -0.15) is 0 Å². The maximum absolute atomic E-state index is 12.2. The molecular weight excluding hydrogens is 264 g/mol. The van der Waals surface area contributed by atoms with Gasteiger partial charge in [0.2, 0.25) is 10.0 Å². The number of nitrogens with zero attached hydrogens (tertiary/aromatic N) is 1. The monoisotopic (exact) mass is 286 g/mol. The zero-order chi connectivity index (χ0) is 14.7. The van der Waals surface area contributed by atoms with E-state index < -0.39 is 10.0 Å². The standard InChI is InChI=1S/C12H22N4O2S/c1-9(2)12(3,4)8-15-19(17,18)11-7-14-6-5-10(11)16-13/h5-7,9,15H,8,13H2,1-4H3,(H,14,16). The number of hydrogen-bond donors (Lipinski definition) is 3. The lowest BCUT2D eigenvalue weighted by atomic mass is 9.81. The summed E-state index contributed by atoms with van der Waals surface area (Å²) in [5, 5.41) is 0. The van der Waals surface area contributed by atoms with Gasteiger partial charge in [0.05, 0.1) is 5.69 Å². The van der Waals surface area contributed by atoms with Crippen LogP contribution in [0.4, 0.5) is 5.69 Å². The lowest BCUT2D eigenvalue weighted by Gasteiger charge is -2.29. The average Bonchev–Trinajstić information content (AvgIpc) is 2.36. The summed E-state index contributed by atoms with van der Waals surface area (Å²) in [7, 11) is -3.62. The first-order valence-corrected chi connectivity index (χ1v) is 7.59. The van der Waals surface area contributed by atoms with Crippen molar-refractivity contribution in [1.82, 2.24) is 9.71 Å². The topological polar surface area (TPSA) is 97.1 Å². The molecule has 0 amide bonds. The van der Waals surface area contributed by atoms with Crippen molar-refractivity contribution in [2.24, 2.45) is 17.2 Å². The molecule has 0 unspecified atom stereocenters. The van der Waals surface area contributed by atoms with E-state index in [1.54, 1.807) is 0 Å². The average molecular weight is 286 g/mol. The Kier molecular flexibility index (Phi) is 4.89. The summed E-state index contributed by atoms with van der Waals surface area (Å²) in [6.07, 6.45) is 2.76. The zero-order valence-corrected chi connectivity index (χ0v) is 12.6. The van der Waals surface area contributed by atoms with Gasteiger partial charge < -0.3 is 5.43 Å². The highest BCUT2D eigenvalue weighted by atomic mass is 32.2. The Morgan fingerprint density at radius 3 is 2.58 bits per heavy atom. The van der Waals surface area contributed by atoms with Crippen molar-refractivity contribution >= 4 is 15.7 Å². The van der Waals surface area contributed by atoms with Gasteiger partial charge in [0.25, 0.3) is 0 Å². The van der Waals surface area contributed by atoms with Gasteiger partial charge in [0, 0.05) is 18.9 Å². The van der Waals surface area contributed by atoms with Crippen molar-refractivity contribution in [2.75, 3.05) is 12.0 Å². The van der Waals surface area contributed by atoms with Crippen LogP contribution in [0, 0.1) is 11.3 Å². The van der Waals surface area contributed by atoms with E-state index in [0.29, 0.717) is 18.2 Å². The summed E-state index contributed by atoms with van der Waals surface area (Å²) in [6, 6.07) is 1.52. The van der Waals surface area contributed by atoms with Crippen LogP contribution in [0.1, 0.15) is 27.7 Å². The van der Waals surface area contributed by atoms with Gasteiger partial charge >= 0.3 is 0 Å². The normalized spacial score (nSPS) is 12.7. The SMILES string of the molecule is CC(C)C(C)(C)CNS(=O)(=O)c1cnccc1NN. The first-order chi connectivity index (χ1) is 8.70. The largest absolute Gasteiger partial charge is 0.323 e. The number of sulfonamides is 1. The van der Waals surface area contributed by atoms with Crippen LogP contribution < -0.4 is 16.0 Å². The molecule has 0 aliphatic carbocycles. The van der Waals surface area contributed by atoms with Gasteiger partial charge in [0.1, 0.15) is 4.90 Å². The molecule has 108 valence electrons. The summed E-state index contributed by atoms with van der Waals surface area (Å²) in [5.41, 5.74) is 2.55. The van der Waals surface area contributed by atoms with Crippen LogP contribution in [0.5, 0.6) is 0 Å². The molecule has 19 heavy (non-hydrogen) atoms. The van der Waals surface area contributed by atoms with E-state index in [1.807, 2.05) is 13.8 Å². The zero-order valence-electron chi connectivity index (χ0n) is 11.8. The molecule has 6 nitrogen and oxygen atoms in total. The Labute approximate surface area is 114 Å². The quantitative estimate of drug-likeness (QED) is 0.541. The van der Waals surface area contributed by atoms with Crippen molar-refractivity contribution in [2.45, 2.75) is 32.6 Å². The van der Waals surface area contributed by atoms with Crippen LogP contribution in [0.15, 0.2) is 23.4 Å². The molecule has 7 heteroatoms. The second kappa shape index (κ2) is 5.85. The second-order valence-electron chi connectivity index (χ2n) is 5.48. The van der Waals surface area contributed by atoms with Crippen LogP contribution in [0.3, 0.4) is 0 Å². The van der Waals surface area contributed by atoms with Crippen LogP contribution in [-0.2, 0) is 10.0 Å². The summed E-state index contributed by atoms with van der Waals surface area (Å²) in [6.45, 7) is 8.51. The lowest BCUT2D eigenvalue weighted by Crippen LogP contribution is -2.37. The minimum Gasteiger partial charge on any atom is -0.323 e. The summed E-state index contributed by atoms with van der Waals surface area (Å²) >= 11 is 0. The third-order valence-corrected chi connectivity index (χ3v) is 4.94. The third-order valence-electron chi connectivity index (χ3n) is 3.51. The van der Waals surface area contributed by atoms with Crippen molar-refractivity contribution in [3.63, 3.8) is 0 Å². The number of rotatable bonds is 6. The number of pyridine rings is 1. The number of nitrogens with two attached hydrogens (primary N) is 1. The van der Waals surface area contributed by atoms with Gasteiger partial charge in [-0.15, -0.1) is 0 Å². The Balaban J connectivity index is 2.94. The van der Waals surface area contributed by atoms with E-state index in [0.717, 1.165) is 0 Å². The molecular formula is C12H22N4O2S. The number of hydrogen-bond acceptors (Lipinski definition) is 5. The van der Waals surface area contributed by atoms with Gasteiger partial charge in [-0.25, -0.2) is 13.1 Å². The minimum atomic E-state index is -3.62. The van der Waals surface area contributed by atoms with Gasteiger partial charge in [-0.1, -0.05) is 27.7 Å². The molecule has 0 saturated heterocycles. The van der Waals surface area contributed by atoms with Gasteiger partial charge in [0.15, 0.2) is 0 Å². The molecule has 1 rings (SSSR count). The highest BCUT2D eigenvalue weighted by molar-refractivity contribution is 7.89. The number of nitrogen functional groups attached to an aromatic ring is 1. The molecule has 0 spiro atoms. The van der Waals surface area contributed by atoms with Crippen molar-refractivity contribution in [3.05, 3.63) is 18.5 Å². The van der Waals surface area contributed by atoms with Crippen LogP contribution in [0.25, 0.3) is 0 Å². The Hall–Kier alpha value is -1.18. The summed E-state index contributed by atoms with van der Waals surface area (Å²) in [5.74, 6) is 5.67. The molecule has 0 saturated carbocycles. The van der Waals surface area contributed by atoms with Crippen LogP contribution >= 0.6 is 0 Å². The minimum absolute atomic E-state index is 0.0528. The summed E-state index contributed by atoms with van der Waals surface area (Å²) in [4.78, 5) is 3.88. The first kappa shape index (κ1) is 15.9. The van der Waals surface area contributed by atoms with E-state index in [2.05, 4.69) is 29.0 Å². The molecule has 4 N–H and O–H groups in total. The first-order valence-electron chi connectivity index (χ1n) is 6.11. The van der Waals surface area contributed by atoms with E-state index >= 15 is 0 Å². The predicted octanol–water partition coefficient (Wildman–Crippen LogP) is 1.33. The molecule has 0 fully saturated rings. The van der Waals surface area contributed by atoms with E-state index in [4.69, 9.17) is 5.84 Å². The van der Waals surface area contributed by atoms with E-state index in [1.165, 1.54) is 18.5 Å². The van der Waals surface area contributed by atoms with Crippen LogP contribution in [-0.4, -0.2) is 19.9 Å². The molecule has 0 aromatic carbocycles. The number of aromatic nitrogens is 1. The Bertz CT molecular complexity index is 526. The fraction of sp³-hybridized carbons (Fsp3) is 0.583. The number of nitrogens with one attached hydrogen (secondary N) is 2. The second-order valence-corrected chi connectivity index (χ2v) is 7.22. The van der Waals surface area contributed by atoms with Crippen molar-refractivity contribution < 1.29 is 8.42 Å². The highest BCUT2D eigenvalue weighted by Gasteiger charge is 2.26. The number of anilines is 1. The molecule has 0 atom stereocenters. The van der Waals surface area contributed by atoms with Crippen molar-refractivity contribution in [3.8, 4) is 0 Å². The molecule has 1 aromatic rings. The maximum Gasteiger partial charge on any atom is 0.244 e. The molecule has 0 aliphatic heterocycles. The molecule has 1 aromatic heterocycles. The van der Waals surface area contributed by atoms with Gasteiger partial charge in [-0.05, 0) is 17.4 Å². The van der Waals surface area contributed by atoms with Crippen molar-refractivity contribution in [1.29, 1.82) is 0 Å². The highest BCUT2D eigenvalue weighted by Crippen LogP contribution is 2.26. The molecule has 0 radical (unpaired) electrons. The maximum atomic E-state index is 12.2. The molecule has 0 bridgehead atoms. The van der Waals surface area contributed by atoms with E-state index in [9.17, 15) is 8.42 Å². The summed E-state index contributed by atoms with van der Waals surface area (Å²) < 4.78 is 27.1. The van der Waals surface area contributed by atoms with Crippen LogP contribution in [0.2, 0.25) is 0 Å². The fourth-order valence-corrected chi connectivity index (χ4v) is 2.61. The Morgan fingerprint density at radius 2 is 2.05 bits per heavy atom. The van der Waals surface area contributed by atoms with Gasteiger partial charge in [-0.3, -0.25) is 10.8 Å².